The number of rotatable bonds is 1. The third-order valence-electron chi connectivity index (χ3n) is 5.41. The molecular weight excluding hydrogens is 304 g/mol. The lowest BCUT2D eigenvalue weighted by Gasteiger charge is -2.40. The molecule has 2 amide bonds. The summed E-state index contributed by atoms with van der Waals surface area (Å²) in [5, 5.41) is 0. The lowest BCUT2D eigenvalue weighted by atomic mass is 9.80. The lowest BCUT2D eigenvalue weighted by Crippen LogP contribution is -2.51. The number of hydrogen-bond donors (Lipinski definition) is 1. The highest BCUT2D eigenvalue weighted by Gasteiger charge is 2.45. The maximum Gasteiger partial charge on any atom is 0.262 e. The number of imide groups is 1. The first-order valence-electron chi connectivity index (χ1n) is 8.70. The number of piperidine rings is 1. The Hall–Kier alpha value is -2.30. The Labute approximate surface area is 141 Å². The zero-order valence-electron chi connectivity index (χ0n) is 13.9. The van der Waals surface area contributed by atoms with Crippen LogP contribution in [0.5, 0.6) is 5.75 Å². The van der Waals surface area contributed by atoms with Crippen LogP contribution in [0.4, 0.5) is 0 Å². The van der Waals surface area contributed by atoms with Crippen LogP contribution in [0.1, 0.15) is 55.6 Å². The number of carbonyl (C=O) groups excluding carboxylic acids is 2. The first-order chi connectivity index (χ1) is 11.6. The van der Waals surface area contributed by atoms with Crippen LogP contribution in [0.2, 0.25) is 0 Å². The predicted octanol–water partition coefficient (Wildman–Crippen LogP) is 2.73. The highest BCUT2D eigenvalue weighted by atomic mass is 16.5. The minimum absolute atomic E-state index is 0.0133. The number of fused-ring (bicyclic) bond motifs is 3. The number of hydrogen-bond acceptors (Lipinski definition) is 4. The molecule has 0 bridgehead atoms. The monoisotopic (exact) mass is 326 g/mol. The summed E-state index contributed by atoms with van der Waals surface area (Å²) in [6.45, 7) is 1.97. The number of aryl methyl sites for hydroxylation is 1. The second-order valence-corrected chi connectivity index (χ2v) is 7.04. The van der Waals surface area contributed by atoms with Gasteiger partial charge in [0.25, 0.3) is 5.91 Å². The van der Waals surface area contributed by atoms with Crippen LogP contribution in [0.25, 0.3) is 0 Å². The van der Waals surface area contributed by atoms with E-state index in [4.69, 9.17) is 10.5 Å². The van der Waals surface area contributed by atoms with Crippen LogP contribution in [-0.2, 0) is 9.59 Å². The second kappa shape index (κ2) is 5.65. The molecule has 0 aromatic heterocycles. The van der Waals surface area contributed by atoms with E-state index in [1.165, 1.54) is 11.3 Å². The number of amides is 2. The SMILES string of the molecule is Cc1ccc2c(c1)OC(N)=C1C(=O)N(C3CCCCC3)C(=O)CC12. The van der Waals surface area contributed by atoms with Crippen molar-refractivity contribution in [3.63, 3.8) is 0 Å². The van der Waals surface area contributed by atoms with Crippen LogP contribution in [0.15, 0.2) is 29.7 Å². The Balaban J connectivity index is 1.72. The zero-order valence-corrected chi connectivity index (χ0v) is 13.9. The highest BCUT2D eigenvalue weighted by Crippen LogP contribution is 2.44. The van der Waals surface area contributed by atoms with E-state index in [2.05, 4.69) is 0 Å². The highest BCUT2D eigenvalue weighted by molar-refractivity contribution is 6.09. The smallest absolute Gasteiger partial charge is 0.262 e. The summed E-state index contributed by atoms with van der Waals surface area (Å²) in [4.78, 5) is 27.2. The van der Waals surface area contributed by atoms with Crippen molar-refractivity contribution in [2.75, 3.05) is 0 Å². The van der Waals surface area contributed by atoms with Crippen molar-refractivity contribution >= 4 is 11.8 Å². The van der Waals surface area contributed by atoms with Gasteiger partial charge in [-0.1, -0.05) is 31.4 Å². The molecule has 1 unspecified atom stereocenters. The number of benzene rings is 1. The fourth-order valence-corrected chi connectivity index (χ4v) is 4.21. The summed E-state index contributed by atoms with van der Waals surface area (Å²) in [5.74, 6) is 0.187. The van der Waals surface area contributed by atoms with Crippen molar-refractivity contribution in [2.24, 2.45) is 5.73 Å². The topological polar surface area (TPSA) is 72.6 Å². The van der Waals surface area contributed by atoms with E-state index in [0.29, 0.717) is 11.3 Å². The Bertz CT molecular complexity index is 747. The zero-order chi connectivity index (χ0) is 16.8. The molecule has 0 radical (unpaired) electrons. The number of likely N-dealkylation sites (tertiary alicyclic amines) is 1. The maximum atomic E-state index is 13.0. The molecule has 126 valence electrons. The average molecular weight is 326 g/mol. The fourth-order valence-electron chi connectivity index (χ4n) is 4.21. The van der Waals surface area contributed by atoms with Gasteiger partial charge in [0.2, 0.25) is 5.91 Å². The van der Waals surface area contributed by atoms with Crippen molar-refractivity contribution < 1.29 is 14.3 Å². The van der Waals surface area contributed by atoms with Crippen LogP contribution >= 0.6 is 0 Å². The molecule has 3 aliphatic rings. The van der Waals surface area contributed by atoms with Crippen molar-refractivity contribution in [1.82, 2.24) is 4.90 Å². The molecule has 5 nitrogen and oxygen atoms in total. The molecule has 2 fully saturated rings. The number of ether oxygens (including phenoxy) is 1. The van der Waals surface area contributed by atoms with Gasteiger partial charge >= 0.3 is 0 Å². The van der Waals surface area contributed by atoms with E-state index in [1.807, 2.05) is 25.1 Å². The molecule has 5 heteroatoms. The minimum atomic E-state index is -0.283. The van der Waals surface area contributed by atoms with Crippen LogP contribution in [0.3, 0.4) is 0 Å². The van der Waals surface area contributed by atoms with Gasteiger partial charge in [-0.05, 0) is 31.4 Å². The number of nitrogens with two attached hydrogens (primary N) is 1. The Morgan fingerprint density at radius 2 is 1.92 bits per heavy atom. The lowest BCUT2D eigenvalue weighted by molar-refractivity contribution is -0.149. The van der Waals surface area contributed by atoms with Gasteiger partial charge in [-0.25, -0.2) is 0 Å². The van der Waals surface area contributed by atoms with Gasteiger partial charge in [0.1, 0.15) is 5.75 Å². The summed E-state index contributed by atoms with van der Waals surface area (Å²) in [5.41, 5.74) is 8.48. The molecule has 1 aromatic carbocycles. The standard InChI is InChI=1S/C19H22N2O3/c1-11-7-8-13-14-10-16(22)21(12-5-3-2-4-6-12)19(23)17(14)18(20)24-15(13)9-11/h7-9,12,14H,2-6,10,20H2,1H3. The third-order valence-corrected chi connectivity index (χ3v) is 5.41. The normalized spacial score (nSPS) is 24.5. The maximum absolute atomic E-state index is 13.0. The summed E-state index contributed by atoms with van der Waals surface area (Å²) in [6, 6.07) is 5.84. The largest absolute Gasteiger partial charge is 0.441 e. The van der Waals surface area contributed by atoms with E-state index in [0.717, 1.165) is 36.8 Å². The minimum Gasteiger partial charge on any atom is -0.441 e. The molecule has 1 aromatic rings. The summed E-state index contributed by atoms with van der Waals surface area (Å²) >= 11 is 0. The molecule has 1 aliphatic carbocycles. The average Bonchev–Trinajstić information content (AvgIpc) is 2.55. The Kier molecular flexibility index (Phi) is 3.59. The van der Waals surface area contributed by atoms with E-state index in [9.17, 15) is 9.59 Å². The molecule has 1 atom stereocenters. The molecule has 0 spiro atoms. The summed E-state index contributed by atoms with van der Waals surface area (Å²) in [7, 11) is 0. The summed E-state index contributed by atoms with van der Waals surface area (Å²) in [6.07, 6.45) is 5.39. The second-order valence-electron chi connectivity index (χ2n) is 7.04. The van der Waals surface area contributed by atoms with Gasteiger partial charge in [0, 0.05) is 23.9 Å². The van der Waals surface area contributed by atoms with E-state index >= 15 is 0 Å². The fraction of sp³-hybridized carbons (Fsp3) is 0.474. The first kappa shape index (κ1) is 15.2. The molecule has 1 saturated carbocycles. The van der Waals surface area contributed by atoms with Crippen molar-refractivity contribution in [3.8, 4) is 5.75 Å². The van der Waals surface area contributed by atoms with E-state index in [1.54, 1.807) is 0 Å². The van der Waals surface area contributed by atoms with E-state index in [-0.39, 0.29) is 36.1 Å². The van der Waals surface area contributed by atoms with E-state index < -0.39 is 0 Å². The third kappa shape index (κ3) is 2.30. The summed E-state index contributed by atoms with van der Waals surface area (Å²) < 4.78 is 5.72. The Morgan fingerprint density at radius 1 is 1.17 bits per heavy atom. The molecule has 24 heavy (non-hydrogen) atoms. The molecule has 4 rings (SSSR count). The van der Waals surface area contributed by atoms with Gasteiger partial charge in [0.05, 0.1) is 5.57 Å². The quantitative estimate of drug-likeness (QED) is 0.805. The number of carbonyl (C=O) groups is 2. The van der Waals surface area contributed by atoms with Gasteiger partial charge in [0.15, 0.2) is 5.88 Å². The predicted molar refractivity (Wildman–Crippen MR) is 89.1 cm³/mol. The van der Waals surface area contributed by atoms with Crippen molar-refractivity contribution in [3.05, 3.63) is 40.8 Å². The molecule has 2 N–H and O–H groups in total. The number of nitrogens with zero attached hydrogens (tertiary/aromatic N) is 1. The van der Waals surface area contributed by atoms with Crippen LogP contribution < -0.4 is 10.5 Å². The van der Waals surface area contributed by atoms with Gasteiger partial charge in [-0.2, -0.15) is 0 Å². The molecule has 2 aliphatic heterocycles. The first-order valence-corrected chi connectivity index (χ1v) is 8.70. The van der Waals surface area contributed by atoms with Gasteiger partial charge in [-0.15, -0.1) is 0 Å². The molecular formula is C19H22N2O3. The van der Waals surface area contributed by atoms with Crippen molar-refractivity contribution in [2.45, 2.75) is 57.4 Å². The molecule has 1 saturated heterocycles. The van der Waals surface area contributed by atoms with Gasteiger partial charge < -0.3 is 10.5 Å². The molecule has 2 heterocycles. The van der Waals surface area contributed by atoms with Crippen molar-refractivity contribution in [1.29, 1.82) is 0 Å². The Morgan fingerprint density at radius 3 is 2.67 bits per heavy atom. The van der Waals surface area contributed by atoms with Gasteiger partial charge in [-0.3, -0.25) is 14.5 Å². The van der Waals surface area contributed by atoms with Crippen LogP contribution in [0, 0.1) is 6.92 Å². The van der Waals surface area contributed by atoms with Crippen LogP contribution in [-0.4, -0.2) is 22.8 Å².